The van der Waals surface area contributed by atoms with Crippen LogP contribution in [0.3, 0.4) is 0 Å². The molecule has 4 heteroatoms. The quantitative estimate of drug-likeness (QED) is 0.777. The highest BCUT2D eigenvalue weighted by atomic mass is 16.5. The first-order valence-corrected chi connectivity index (χ1v) is 6.29. The monoisotopic (exact) mass is 249 g/mol. The van der Waals surface area contributed by atoms with Gasteiger partial charge in [-0.2, -0.15) is 0 Å². The molecule has 1 atom stereocenters. The third-order valence-corrected chi connectivity index (χ3v) is 3.60. The van der Waals surface area contributed by atoms with Crippen molar-refractivity contribution in [3.8, 4) is 0 Å². The van der Waals surface area contributed by atoms with E-state index in [0.717, 1.165) is 5.47 Å². The van der Waals surface area contributed by atoms with E-state index in [4.69, 9.17) is 4.65 Å². The van der Waals surface area contributed by atoms with E-state index in [9.17, 15) is 9.90 Å². The molecule has 0 amide bonds. The summed E-state index contributed by atoms with van der Waals surface area (Å²) in [6.45, 7) is 9.00. The van der Waals surface area contributed by atoms with Gasteiger partial charge in [0.25, 0.3) is 0 Å². The lowest BCUT2D eigenvalue weighted by Gasteiger charge is -2.37. The summed E-state index contributed by atoms with van der Waals surface area (Å²) in [6, 6.07) is 0. The summed E-state index contributed by atoms with van der Waals surface area (Å²) < 4.78 is 5.65. The number of rotatable bonds is 4. The molecule has 18 heavy (non-hydrogen) atoms. The predicted molar refractivity (Wildman–Crippen MR) is 73.2 cm³/mol. The fraction of sp³-hybridized carbons (Fsp3) is 0.643. The maximum Gasteiger partial charge on any atom is 0.330 e. The Morgan fingerprint density at radius 1 is 1.33 bits per heavy atom. The molecule has 1 rings (SSSR count). The molecule has 0 aliphatic heterocycles. The van der Waals surface area contributed by atoms with Crippen molar-refractivity contribution >= 4 is 13.3 Å². The third kappa shape index (κ3) is 3.82. The van der Waals surface area contributed by atoms with E-state index in [1.54, 1.807) is 33.5 Å². The summed E-state index contributed by atoms with van der Waals surface area (Å²) in [6.07, 6.45) is 6.03. The zero-order chi connectivity index (χ0) is 14.0. The van der Waals surface area contributed by atoms with Gasteiger partial charge in [0.1, 0.15) is 0 Å². The Bertz CT molecular complexity index is 375. The van der Waals surface area contributed by atoms with Crippen molar-refractivity contribution < 1.29 is 14.6 Å². The van der Waals surface area contributed by atoms with Crippen molar-refractivity contribution in [2.24, 2.45) is 5.92 Å². The Morgan fingerprint density at radius 3 is 2.50 bits per heavy atom. The largest absolute Gasteiger partial charge is 0.427 e. The summed E-state index contributed by atoms with van der Waals surface area (Å²) in [5, 5.41) is 9.98. The van der Waals surface area contributed by atoms with Gasteiger partial charge in [0.05, 0.1) is 11.2 Å². The smallest absolute Gasteiger partial charge is 0.330 e. The molecule has 0 saturated heterocycles. The zero-order valence-electron chi connectivity index (χ0n) is 11.9. The average Bonchev–Trinajstić information content (AvgIpc) is 2.39. The van der Waals surface area contributed by atoms with Crippen molar-refractivity contribution in [1.29, 1.82) is 0 Å². The first-order valence-electron chi connectivity index (χ1n) is 6.29. The van der Waals surface area contributed by atoms with Gasteiger partial charge in [0.2, 0.25) is 0 Å². The van der Waals surface area contributed by atoms with Crippen LogP contribution in [0.5, 0.6) is 0 Å². The van der Waals surface area contributed by atoms with Crippen LogP contribution in [0, 0.1) is 5.92 Å². The Morgan fingerprint density at radius 2 is 1.94 bits per heavy atom. The van der Waals surface area contributed by atoms with Crippen LogP contribution in [0.1, 0.15) is 41.0 Å². The Balaban J connectivity index is 2.65. The maximum atomic E-state index is 11.5. The normalized spacial score (nSPS) is 21.6. The Kier molecular flexibility index (Phi) is 4.57. The van der Waals surface area contributed by atoms with E-state index in [2.05, 4.69) is 0 Å². The summed E-state index contributed by atoms with van der Waals surface area (Å²) in [4.78, 5) is 11.5. The molecule has 0 heterocycles. The number of hydrogen-bond acceptors (Lipinski definition) is 3. The molecule has 0 saturated carbocycles. The van der Waals surface area contributed by atoms with Crippen molar-refractivity contribution in [3.05, 3.63) is 23.7 Å². The molecule has 1 radical (unpaired) electrons. The summed E-state index contributed by atoms with van der Waals surface area (Å²) >= 11 is 0. The van der Waals surface area contributed by atoms with Crippen LogP contribution >= 0.6 is 0 Å². The fourth-order valence-electron chi connectivity index (χ4n) is 1.29. The predicted octanol–water partition coefficient (Wildman–Crippen LogP) is 2.22. The van der Waals surface area contributed by atoms with Gasteiger partial charge in [-0.05, 0) is 40.2 Å². The molecule has 0 spiro atoms. The van der Waals surface area contributed by atoms with Crippen LogP contribution in [-0.2, 0) is 9.45 Å². The molecule has 0 fully saturated rings. The molecule has 0 aromatic heterocycles. The van der Waals surface area contributed by atoms with Gasteiger partial charge < -0.3 is 9.76 Å². The van der Waals surface area contributed by atoms with Gasteiger partial charge in [-0.25, -0.2) is 0 Å². The molecule has 1 aliphatic rings. The van der Waals surface area contributed by atoms with Crippen LogP contribution in [0.25, 0.3) is 0 Å². The molecular weight excluding hydrogens is 227 g/mol. The SMILES string of the molecule is CC1CC=C([B]OC(C)(C)C(C)(C)O)C=CC1=O. The van der Waals surface area contributed by atoms with Gasteiger partial charge in [-0.15, -0.1) is 0 Å². The van der Waals surface area contributed by atoms with Crippen LogP contribution in [0.2, 0.25) is 0 Å². The highest BCUT2D eigenvalue weighted by Crippen LogP contribution is 2.25. The molecule has 3 nitrogen and oxygen atoms in total. The lowest BCUT2D eigenvalue weighted by Crippen LogP contribution is -2.48. The molecule has 1 N–H and O–H groups in total. The van der Waals surface area contributed by atoms with E-state index in [1.807, 2.05) is 26.8 Å². The molecule has 0 aromatic carbocycles. The Hall–Kier alpha value is -0.865. The van der Waals surface area contributed by atoms with Gasteiger partial charge in [-0.1, -0.05) is 24.5 Å². The highest BCUT2D eigenvalue weighted by Gasteiger charge is 2.35. The van der Waals surface area contributed by atoms with Crippen molar-refractivity contribution in [2.75, 3.05) is 0 Å². The zero-order valence-corrected chi connectivity index (χ0v) is 11.9. The lowest BCUT2D eigenvalue weighted by molar-refractivity contribution is -0.117. The van der Waals surface area contributed by atoms with Crippen molar-refractivity contribution in [3.63, 3.8) is 0 Å². The number of allylic oxidation sites excluding steroid dienone is 4. The van der Waals surface area contributed by atoms with E-state index in [-0.39, 0.29) is 11.7 Å². The standard InChI is InChI=1S/C14H22BO3/c1-10-6-7-11(8-9-12(10)16)15-18-14(4,5)13(2,3)17/h7-10,17H,6H2,1-5H3. The number of ketones is 1. The van der Waals surface area contributed by atoms with Gasteiger partial charge in [-0.3, -0.25) is 4.79 Å². The third-order valence-electron chi connectivity index (χ3n) is 3.60. The highest BCUT2D eigenvalue weighted by molar-refractivity contribution is 6.39. The second-order valence-electron chi connectivity index (χ2n) is 5.88. The van der Waals surface area contributed by atoms with E-state index >= 15 is 0 Å². The molecule has 0 aromatic rings. The summed E-state index contributed by atoms with van der Waals surface area (Å²) in [7, 11) is 1.61. The number of hydrogen-bond donors (Lipinski definition) is 1. The van der Waals surface area contributed by atoms with Crippen LogP contribution < -0.4 is 0 Å². The Labute approximate surface area is 110 Å². The number of carbonyl (C=O) groups excluding carboxylic acids is 1. The van der Waals surface area contributed by atoms with Gasteiger partial charge >= 0.3 is 7.48 Å². The summed E-state index contributed by atoms with van der Waals surface area (Å²) in [5.74, 6) is 0.158. The molecule has 1 aliphatic carbocycles. The first-order chi connectivity index (χ1) is 8.13. The number of carbonyl (C=O) groups is 1. The summed E-state index contributed by atoms with van der Waals surface area (Å²) in [5.41, 5.74) is -0.768. The van der Waals surface area contributed by atoms with Crippen LogP contribution in [0.15, 0.2) is 23.7 Å². The van der Waals surface area contributed by atoms with E-state index in [0.29, 0.717) is 6.42 Å². The number of aliphatic hydroxyl groups is 1. The topological polar surface area (TPSA) is 46.5 Å². The van der Waals surface area contributed by atoms with Crippen molar-refractivity contribution in [1.82, 2.24) is 0 Å². The average molecular weight is 249 g/mol. The second kappa shape index (κ2) is 5.41. The van der Waals surface area contributed by atoms with Crippen LogP contribution in [-0.4, -0.2) is 29.6 Å². The van der Waals surface area contributed by atoms with E-state index in [1.165, 1.54) is 0 Å². The molecule has 99 valence electrons. The lowest BCUT2D eigenvalue weighted by atomic mass is 9.81. The van der Waals surface area contributed by atoms with Crippen molar-refractivity contribution in [2.45, 2.75) is 52.2 Å². The first kappa shape index (κ1) is 15.2. The molecule has 0 bridgehead atoms. The van der Waals surface area contributed by atoms with Gasteiger partial charge in [0, 0.05) is 5.92 Å². The van der Waals surface area contributed by atoms with Crippen LogP contribution in [0.4, 0.5) is 0 Å². The van der Waals surface area contributed by atoms with Gasteiger partial charge in [0.15, 0.2) is 5.78 Å². The molecular formula is C14H22BO3. The second-order valence-corrected chi connectivity index (χ2v) is 5.88. The minimum absolute atomic E-state index is 0.0226. The minimum Gasteiger partial charge on any atom is -0.427 e. The van der Waals surface area contributed by atoms with E-state index < -0.39 is 11.2 Å². The molecule has 1 unspecified atom stereocenters. The fourth-order valence-corrected chi connectivity index (χ4v) is 1.29. The maximum absolute atomic E-state index is 11.5. The minimum atomic E-state index is -0.943.